The number of hydrogen-bond donors (Lipinski definition) is 0. The summed E-state index contributed by atoms with van der Waals surface area (Å²) in [5, 5.41) is 0. The van der Waals surface area contributed by atoms with E-state index in [-0.39, 0.29) is 0 Å². The molecule has 4 fully saturated rings. The van der Waals surface area contributed by atoms with Crippen molar-refractivity contribution in [2.75, 3.05) is 0 Å². The molecule has 4 rings (SSSR count). The van der Waals surface area contributed by atoms with Gasteiger partial charge >= 0.3 is 129 Å². The van der Waals surface area contributed by atoms with Gasteiger partial charge in [-0.15, -0.1) is 0 Å². The van der Waals surface area contributed by atoms with Gasteiger partial charge < -0.3 is 0 Å². The van der Waals surface area contributed by atoms with Gasteiger partial charge in [0.05, 0.1) is 0 Å². The average molecular weight is 336 g/mol. The summed E-state index contributed by atoms with van der Waals surface area (Å²) in [4.78, 5) is 0. The van der Waals surface area contributed by atoms with Gasteiger partial charge in [0.25, 0.3) is 0 Å². The summed E-state index contributed by atoms with van der Waals surface area (Å²) >= 11 is -2.14. The molecule has 0 aromatic rings. The van der Waals surface area contributed by atoms with E-state index in [1.165, 1.54) is 64.2 Å². The third-order valence-electron chi connectivity index (χ3n) is 6.13. The standard InChI is InChI=1S/C10H17NO.C6H11O.Ga/c1-7-5-6-8-3-2-4-9(12)10(8)11-7;7-6-4-2-1-3-5-6;/h7-10H,2-6H2,1H3;6H,1-5H2;/q-2;-1;+3. The van der Waals surface area contributed by atoms with E-state index >= 15 is 0 Å². The summed E-state index contributed by atoms with van der Waals surface area (Å²) in [5.41, 5.74) is 0. The van der Waals surface area contributed by atoms with Crippen LogP contribution < -0.4 is 0 Å². The van der Waals surface area contributed by atoms with Gasteiger partial charge in [0.2, 0.25) is 0 Å². The molecule has 4 unspecified atom stereocenters. The first-order valence-corrected chi connectivity index (χ1v) is 12.0. The third-order valence-corrected chi connectivity index (χ3v) is 11.5. The Bertz CT molecular complexity index is 347. The molecule has 4 heteroatoms. The predicted molar refractivity (Wildman–Crippen MR) is 80.2 cm³/mol. The van der Waals surface area contributed by atoms with E-state index in [0.717, 1.165) is 12.0 Å². The topological polar surface area (TPSA) is 21.7 Å². The van der Waals surface area contributed by atoms with Gasteiger partial charge in [-0.3, -0.25) is 0 Å². The fourth-order valence-corrected chi connectivity index (χ4v) is 11.0. The summed E-state index contributed by atoms with van der Waals surface area (Å²) in [5.74, 6) is 0.913. The van der Waals surface area contributed by atoms with Gasteiger partial charge in [0.1, 0.15) is 0 Å². The van der Waals surface area contributed by atoms with Crippen molar-refractivity contribution in [3.63, 3.8) is 0 Å². The van der Waals surface area contributed by atoms with Crippen molar-refractivity contribution in [1.29, 1.82) is 0 Å². The number of nitrogens with zero attached hydrogens (tertiary/aromatic N) is 1. The van der Waals surface area contributed by atoms with Crippen molar-refractivity contribution in [2.24, 2.45) is 5.92 Å². The molecule has 0 bridgehead atoms. The van der Waals surface area contributed by atoms with Crippen LogP contribution in [0.15, 0.2) is 0 Å². The Labute approximate surface area is 129 Å². The number of hydrogen-bond acceptors (Lipinski definition) is 3. The fourth-order valence-electron chi connectivity index (χ4n) is 5.06. The molecule has 4 aliphatic rings. The molecule has 0 aromatic carbocycles. The maximum absolute atomic E-state index is 6.59. The maximum atomic E-state index is 6.59. The molecule has 2 heterocycles. The zero-order valence-electron chi connectivity index (χ0n) is 12.8. The molecule has 3 nitrogen and oxygen atoms in total. The van der Waals surface area contributed by atoms with Crippen LogP contribution in [-0.4, -0.2) is 45.1 Å². The molecular weight excluding hydrogens is 308 g/mol. The SMILES string of the molecule is CC1CCC2CCCC3[O][Ga]([O]C4CCCCC4)[N]1C23. The summed E-state index contributed by atoms with van der Waals surface area (Å²) < 4.78 is 15.9. The quantitative estimate of drug-likeness (QED) is 0.722. The zero-order chi connectivity index (χ0) is 13.5. The molecular formula is C16H28GaNO2. The summed E-state index contributed by atoms with van der Waals surface area (Å²) in [6.45, 7) is 2.42. The van der Waals surface area contributed by atoms with E-state index in [1.54, 1.807) is 0 Å². The summed E-state index contributed by atoms with van der Waals surface area (Å²) in [6, 6.07) is 1.45. The third kappa shape index (κ3) is 2.52. The van der Waals surface area contributed by atoms with Gasteiger partial charge in [0, 0.05) is 0 Å². The van der Waals surface area contributed by atoms with E-state index in [9.17, 15) is 0 Å². The molecule has 2 saturated heterocycles. The minimum atomic E-state index is -2.14. The van der Waals surface area contributed by atoms with Gasteiger partial charge in [0.15, 0.2) is 0 Å². The second-order valence-corrected chi connectivity index (χ2v) is 11.1. The van der Waals surface area contributed by atoms with Crippen molar-refractivity contribution >= 4 is 17.2 Å². The molecule has 2 saturated carbocycles. The minimum absolute atomic E-state index is 0.529. The van der Waals surface area contributed by atoms with E-state index in [2.05, 4.69) is 10.5 Å². The van der Waals surface area contributed by atoms with Crippen LogP contribution in [0.25, 0.3) is 0 Å². The Morgan fingerprint density at radius 2 is 1.80 bits per heavy atom. The second-order valence-electron chi connectivity index (χ2n) is 7.43. The Morgan fingerprint density at radius 3 is 2.65 bits per heavy atom. The first kappa shape index (κ1) is 14.1. The van der Waals surface area contributed by atoms with E-state index in [4.69, 9.17) is 7.06 Å². The Morgan fingerprint density at radius 1 is 0.950 bits per heavy atom. The summed E-state index contributed by atoms with van der Waals surface area (Å²) in [6.07, 6.45) is 14.7. The van der Waals surface area contributed by atoms with Crippen LogP contribution in [0.3, 0.4) is 0 Å². The first-order valence-electron chi connectivity index (χ1n) is 8.91. The van der Waals surface area contributed by atoms with Crippen LogP contribution >= 0.6 is 0 Å². The molecule has 112 valence electrons. The number of rotatable bonds is 2. The van der Waals surface area contributed by atoms with Crippen molar-refractivity contribution < 1.29 is 7.06 Å². The summed E-state index contributed by atoms with van der Waals surface area (Å²) in [7, 11) is 0. The zero-order valence-corrected chi connectivity index (χ0v) is 15.2. The van der Waals surface area contributed by atoms with Crippen molar-refractivity contribution in [2.45, 2.75) is 95.4 Å². The van der Waals surface area contributed by atoms with Crippen LogP contribution in [0.2, 0.25) is 0 Å². The van der Waals surface area contributed by atoms with Crippen LogP contribution in [-0.2, 0) is 7.06 Å². The normalized spacial score (nSPS) is 42.8. The Hall–Kier alpha value is 0.516. The molecule has 0 N–H and O–H groups in total. The van der Waals surface area contributed by atoms with Crippen molar-refractivity contribution in [3.05, 3.63) is 0 Å². The fraction of sp³-hybridized carbons (Fsp3) is 1.00. The molecule has 2 aliphatic heterocycles. The second kappa shape index (κ2) is 5.96. The number of piperidine rings is 1. The van der Waals surface area contributed by atoms with Gasteiger partial charge in [-0.1, -0.05) is 0 Å². The van der Waals surface area contributed by atoms with E-state index in [1.807, 2.05) is 0 Å². The van der Waals surface area contributed by atoms with Crippen LogP contribution in [0, 0.1) is 5.92 Å². The van der Waals surface area contributed by atoms with Gasteiger partial charge in [-0.25, -0.2) is 0 Å². The molecule has 4 atom stereocenters. The van der Waals surface area contributed by atoms with Crippen molar-refractivity contribution in [3.8, 4) is 0 Å². The Balaban J connectivity index is 1.48. The van der Waals surface area contributed by atoms with Gasteiger partial charge in [-0.2, -0.15) is 0 Å². The molecule has 0 amide bonds. The predicted octanol–water partition coefficient (Wildman–Crippen LogP) is 3.37. The average Bonchev–Trinajstić information content (AvgIpc) is 2.84. The molecule has 0 spiro atoms. The molecule has 2 aliphatic carbocycles. The van der Waals surface area contributed by atoms with Crippen LogP contribution in [0.5, 0.6) is 0 Å². The van der Waals surface area contributed by atoms with Crippen LogP contribution in [0.1, 0.15) is 71.1 Å². The first-order chi connectivity index (χ1) is 9.83. The molecule has 0 radical (unpaired) electrons. The molecule has 0 aromatic heterocycles. The molecule has 20 heavy (non-hydrogen) atoms. The van der Waals surface area contributed by atoms with Crippen LogP contribution in [0.4, 0.5) is 0 Å². The monoisotopic (exact) mass is 335 g/mol. The Kier molecular flexibility index (Phi) is 4.21. The van der Waals surface area contributed by atoms with E-state index < -0.39 is 17.2 Å². The van der Waals surface area contributed by atoms with Crippen molar-refractivity contribution in [1.82, 2.24) is 3.61 Å². The van der Waals surface area contributed by atoms with E-state index in [0.29, 0.717) is 18.2 Å². The van der Waals surface area contributed by atoms with Gasteiger partial charge in [-0.05, 0) is 0 Å².